The van der Waals surface area contributed by atoms with Crippen molar-refractivity contribution in [2.75, 3.05) is 24.7 Å². The maximum absolute atomic E-state index is 12.7. The summed E-state index contributed by atoms with van der Waals surface area (Å²) >= 11 is 0. The molecule has 4 rings (SSSR count). The van der Waals surface area contributed by atoms with Gasteiger partial charge < -0.3 is 20.7 Å². The van der Waals surface area contributed by atoms with Crippen LogP contribution >= 0.6 is 0 Å². The van der Waals surface area contributed by atoms with Gasteiger partial charge in [-0.25, -0.2) is 4.98 Å². The van der Waals surface area contributed by atoms with Crippen LogP contribution in [-0.2, 0) is 11.8 Å². The maximum Gasteiger partial charge on any atom is 0.273 e. The summed E-state index contributed by atoms with van der Waals surface area (Å²) in [5.41, 5.74) is 0.758. The summed E-state index contributed by atoms with van der Waals surface area (Å²) in [7, 11) is 3.21. The Hall–Kier alpha value is -4.02. The first-order chi connectivity index (χ1) is 16.9. The molecule has 3 aromatic rings. The molecular weight excluding hydrogens is 424 g/mol. The molecule has 0 bridgehead atoms. The summed E-state index contributed by atoms with van der Waals surface area (Å²) in [4.78, 5) is 29.5. The van der Waals surface area contributed by atoms with Crippen LogP contribution in [-0.4, -0.2) is 50.9 Å². The van der Waals surface area contributed by atoms with Crippen molar-refractivity contribution in [2.24, 2.45) is 18.4 Å². The Labute approximate surface area is 195 Å². The molecule has 11 nitrogen and oxygen atoms in total. The van der Waals surface area contributed by atoms with Crippen LogP contribution in [0.4, 0.5) is 17.2 Å². The smallest absolute Gasteiger partial charge is 0.273 e. The number of ether oxygens (including phenoxy) is 1. The number of carbonyl (C=O) groups is 2. The molecule has 0 aliphatic heterocycles. The fourth-order valence-electron chi connectivity index (χ4n) is 3.54. The molecule has 2 heterocycles. The van der Waals surface area contributed by atoms with Gasteiger partial charge in [0.15, 0.2) is 23.1 Å². The van der Waals surface area contributed by atoms with Crippen molar-refractivity contribution in [3.05, 3.63) is 36.3 Å². The van der Waals surface area contributed by atoms with E-state index in [1.165, 1.54) is 13.2 Å². The normalized spacial score (nSPS) is 17.8. The highest BCUT2D eigenvalue weighted by atomic mass is 16.5. The van der Waals surface area contributed by atoms with Gasteiger partial charge in [-0.05, 0) is 24.0 Å². The Bertz CT molecular complexity index is 1320. The molecule has 1 fully saturated rings. The van der Waals surface area contributed by atoms with E-state index in [2.05, 4.69) is 30.9 Å². The first-order valence-corrected chi connectivity index (χ1v) is 10.2. The third-order valence-electron chi connectivity index (χ3n) is 5.53. The summed E-state index contributed by atoms with van der Waals surface area (Å²) in [6.45, 7) is 1.25. The average Bonchev–Trinajstić information content (AvgIpc) is 3.21. The Morgan fingerprint density at radius 1 is 1.27 bits per heavy atom. The van der Waals surface area contributed by atoms with Gasteiger partial charge in [0.1, 0.15) is 6.33 Å². The first-order valence-electron chi connectivity index (χ1n) is 11.7. The molecule has 0 saturated heterocycles. The van der Waals surface area contributed by atoms with Crippen molar-refractivity contribution < 1.29 is 18.4 Å². The summed E-state index contributed by atoms with van der Waals surface area (Å²) in [5, 5.41) is 19.8. The van der Waals surface area contributed by atoms with Gasteiger partial charge in [0.2, 0.25) is 5.91 Å². The molecule has 33 heavy (non-hydrogen) atoms. The third-order valence-corrected chi connectivity index (χ3v) is 5.53. The highest BCUT2D eigenvalue weighted by molar-refractivity contribution is 6.00. The van der Waals surface area contributed by atoms with Gasteiger partial charge >= 0.3 is 0 Å². The maximum atomic E-state index is 12.7. The Morgan fingerprint density at radius 2 is 2.06 bits per heavy atom. The van der Waals surface area contributed by atoms with Crippen molar-refractivity contribution in [3.63, 3.8) is 0 Å². The van der Waals surface area contributed by atoms with E-state index in [1.54, 1.807) is 36.3 Å². The standard InChI is InChI=1S/C22H26N8O3/c1-22(2)10-13(22)20(31)26-16-9-15(17(28-27-16)21(32)23-3)25-14-8-6-7-12(18(14)33-5)19-24-11-30(4)29-19/h6-9,11,13H,10H2,1-5H3,(H,23,32)(H2,25,26,27,31)/t13-/m1/s1/i3D3. The van der Waals surface area contributed by atoms with Crippen LogP contribution in [0.15, 0.2) is 30.6 Å². The number of benzene rings is 1. The Morgan fingerprint density at radius 3 is 2.70 bits per heavy atom. The van der Waals surface area contributed by atoms with Crippen LogP contribution in [0.3, 0.4) is 0 Å². The third kappa shape index (κ3) is 4.47. The van der Waals surface area contributed by atoms with Crippen LogP contribution in [0, 0.1) is 11.3 Å². The van der Waals surface area contributed by atoms with E-state index < -0.39 is 12.9 Å². The molecule has 1 aliphatic carbocycles. The molecule has 1 aromatic carbocycles. The van der Waals surface area contributed by atoms with Gasteiger partial charge in [0.05, 0.1) is 24.0 Å². The van der Waals surface area contributed by atoms with E-state index in [-0.39, 0.29) is 34.4 Å². The minimum Gasteiger partial charge on any atom is -0.494 e. The molecule has 2 amide bonds. The second kappa shape index (κ2) is 8.49. The van der Waals surface area contributed by atoms with Crippen molar-refractivity contribution >= 4 is 29.0 Å². The van der Waals surface area contributed by atoms with Crippen molar-refractivity contribution in [1.29, 1.82) is 0 Å². The molecule has 1 aliphatic rings. The van der Waals surface area contributed by atoms with Crippen LogP contribution in [0.1, 0.15) is 34.9 Å². The molecule has 11 heteroatoms. The Kier molecular flexibility index (Phi) is 4.77. The summed E-state index contributed by atoms with van der Waals surface area (Å²) in [5.74, 6) is -0.415. The van der Waals surface area contributed by atoms with E-state index in [0.717, 1.165) is 6.42 Å². The monoisotopic (exact) mass is 453 g/mol. The van der Waals surface area contributed by atoms with E-state index in [0.29, 0.717) is 22.8 Å². The molecule has 0 radical (unpaired) electrons. The minimum absolute atomic E-state index is 0.0918. The summed E-state index contributed by atoms with van der Waals surface area (Å²) in [6, 6.07) is 6.63. The number of para-hydroxylation sites is 1. The molecular formula is C22H26N8O3. The van der Waals surface area contributed by atoms with Crippen LogP contribution in [0.2, 0.25) is 0 Å². The minimum atomic E-state index is -2.73. The SMILES string of the molecule is [2H]C([2H])([2H])NC(=O)c1nnc(NC(=O)[C@H]2CC2(C)C)cc1Nc1cccc(-c2ncn(C)n2)c1OC. The first kappa shape index (κ1) is 18.5. The number of hydrogen-bond acceptors (Lipinski definition) is 8. The number of nitrogens with one attached hydrogen (secondary N) is 3. The van der Waals surface area contributed by atoms with Gasteiger partial charge in [-0.2, -0.15) is 5.10 Å². The van der Waals surface area contributed by atoms with Crippen LogP contribution in [0.25, 0.3) is 11.4 Å². The number of aromatic nitrogens is 5. The largest absolute Gasteiger partial charge is 0.494 e. The second-order valence-corrected chi connectivity index (χ2v) is 8.43. The van der Waals surface area contributed by atoms with Crippen molar-refractivity contribution in [3.8, 4) is 17.1 Å². The zero-order valence-corrected chi connectivity index (χ0v) is 18.6. The van der Waals surface area contributed by atoms with E-state index in [9.17, 15) is 9.59 Å². The molecule has 172 valence electrons. The lowest BCUT2D eigenvalue weighted by molar-refractivity contribution is -0.118. The number of carbonyl (C=O) groups excluding carboxylic acids is 2. The number of methoxy groups -OCH3 is 1. The summed E-state index contributed by atoms with van der Waals surface area (Å²) < 4.78 is 29.2. The van der Waals surface area contributed by atoms with Crippen molar-refractivity contribution in [1.82, 2.24) is 30.3 Å². The lowest BCUT2D eigenvalue weighted by Gasteiger charge is -2.16. The van der Waals surface area contributed by atoms with Gasteiger partial charge in [-0.15, -0.1) is 10.2 Å². The van der Waals surface area contributed by atoms with Crippen molar-refractivity contribution in [2.45, 2.75) is 20.3 Å². The van der Waals surface area contributed by atoms with Gasteiger partial charge in [-0.3, -0.25) is 14.3 Å². The zero-order chi connectivity index (χ0) is 26.3. The lowest BCUT2D eigenvalue weighted by atomic mass is 10.1. The van der Waals surface area contributed by atoms with Gasteiger partial charge in [0, 0.05) is 30.1 Å². The summed E-state index contributed by atoms with van der Waals surface area (Å²) in [6.07, 6.45) is 2.30. The fourth-order valence-corrected chi connectivity index (χ4v) is 3.54. The lowest BCUT2D eigenvalue weighted by Crippen LogP contribution is -2.23. The Balaban J connectivity index is 1.71. The molecule has 0 spiro atoms. The quantitative estimate of drug-likeness (QED) is 0.496. The van der Waals surface area contributed by atoms with Crippen LogP contribution in [0.5, 0.6) is 5.75 Å². The van der Waals surface area contributed by atoms with Gasteiger partial charge in [0.25, 0.3) is 5.91 Å². The van der Waals surface area contributed by atoms with E-state index in [4.69, 9.17) is 8.85 Å². The van der Waals surface area contributed by atoms with Crippen LogP contribution < -0.4 is 20.7 Å². The number of anilines is 3. The highest BCUT2D eigenvalue weighted by Crippen LogP contribution is 2.52. The highest BCUT2D eigenvalue weighted by Gasteiger charge is 2.50. The number of amides is 2. The van der Waals surface area contributed by atoms with E-state index >= 15 is 0 Å². The predicted octanol–water partition coefficient (Wildman–Crippen LogP) is 2.37. The average molecular weight is 454 g/mol. The number of aryl methyl sites for hydroxylation is 1. The molecule has 0 unspecified atom stereocenters. The molecule has 2 aromatic heterocycles. The fraction of sp³-hybridized carbons (Fsp3) is 0.364. The topological polar surface area (TPSA) is 136 Å². The molecule has 1 atom stereocenters. The predicted molar refractivity (Wildman–Crippen MR) is 122 cm³/mol. The molecule has 3 N–H and O–H groups in total. The zero-order valence-electron chi connectivity index (χ0n) is 21.6. The molecule has 1 saturated carbocycles. The second-order valence-electron chi connectivity index (χ2n) is 8.43. The number of nitrogens with zero attached hydrogens (tertiary/aromatic N) is 5. The van der Waals surface area contributed by atoms with E-state index in [1.807, 2.05) is 19.2 Å². The number of hydrogen-bond donors (Lipinski definition) is 3. The number of rotatable bonds is 7. The van der Waals surface area contributed by atoms with Gasteiger partial charge in [-0.1, -0.05) is 19.9 Å².